The summed E-state index contributed by atoms with van der Waals surface area (Å²) >= 11 is 0. The van der Waals surface area contributed by atoms with Gasteiger partial charge < -0.3 is 10.7 Å². The fourth-order valence-electron chi connectivity index (χ4n) is 1.77. The lowest BCUT2D eigenvalue weighted by atomic mass is 10.0. The van der Waals surface area contributed by atoms with Crippen molar-refractivity contribution in [3.8, 4) is 0 Å². The topological polar surface area (TPSA) is 71.8 Å². The predicted molar refractivity (Wildman–Crippen MR) is 66.7 cm³/mol. The van der Waals surface area contributed by atoms with E-state index in [1.54, 1.807) is 6.92 Å². The smallest absolute Gasteiger partial charge is 0.251 e. The summed E-state index contributed by atoms with van der Waals surface area (Å²) in [6.07, 6.45) is 0.677. The lowest BCUT2D eigenvalue weighted by molar-refractivity contribution is 0.685. The highest BCUT2D eigenvalue weighted by Crippen LogP contribution is 2.12. The number of hydrogen-bond donors (Lipinski definition) is 2. The van der Waals surface area contributed by atoms with Crippen LogP contribution in [0, 0.1) is 6.92 Å². The molecule has 0 aliphatic rings. The van der Waals surface area contributed by atoms with Gasteiger partial charge >= 0.3 is 0 Å². The molecule has 17 heavy (non-hydrogen) atoms. The average molecular weight is 229 g/mol. The number of H-pyrrole nitrogens is 1. The van der Waals surface area contributed by atoms with E-state index in [0.717, 1.165) is 5.56 Å². The minimum Gasteiger partial charge on any atom is -0.322 e. The van der Waals surface area contributed by atoms with E-state index in [4.69, 9.17) is 5.73 Å². The molecule has 0 aliphatic heterocycles. The maximum absolute atomic E-state index is 11.3. The summed E-state index contributed by atoms with van der Waals surface area (Å²) in [5, 5.41) is 0. The Bertz CT molecular complexity index is 548. The molecule has 1 aromatic heterocycles. The molecular weight excluding hydrogens is 214 g/mol. The molecule has 0 aliphatic carbocycles. The van der Waals surface area contributed by atoms with Gasteiger partial charge in [-0.3, -0.25) is 4.79 Å². The highest BCUT2D eigenvalue weighted by Gasteiger charge is 2.09. The molecule has 4 heteroatoms. The Morgan fingerprint density at radius 2 is 2.06 bits per heavy atom. The van der Waals surface area contributed by atoms with Crippen LogP contribution >= 0.6 is 0 Å². The molecule has 0 unspecified atom stereocenters. The quantitative estimate of drug-likeness (QED) is 0.833. The van der Waals surface area contributed by atoms with E-state index in [1.807, 2.05) is 30.3 Å². The maximum atomic E-state index is 11.3. The number of aryl methyl sites for hydroxylation is 1. The molecule has 4 nitrogen and oxygen atoms in total. The molecule has 0 saturated carbocycles. The number of nitrogens with zero attached hydrogens (tertiary/aromatic N) is 1. The van der Waals surface area contributed by atoms with Crippen LogP contribution in [0.15, 0.2) is 41.2 Å². The summed E-state index contributed by atoms with van der Waals surface area (Å²) in [5.74, 6) is 0.594. The third-order valence-corrected chi connectivity index (χ3v) is 2.56. The van der Waals surface area contributed by atoms with Crippen LogP contribution in [0.3, 0.4) is 0 Å². The van der Waals surface area contributed by atoms with Crippen LogP contribution in [0.5, 0.6) is 0 Å². The molecule has 1 heterocycles. The van der Waals surface area contributed by atoms with Crippen LogP contribution in [0.2, 0.25) is 0 Å². The molecule has 0 bridgehead atoms. The Hall–Kier alpha value is -1.94. The molecule has 2 rings (SSSR count). The first-order valence-electron chi connectivity index (χ1n) is 5.52. The SMILES string of the molecule is Cc1nc([C@@H](N)Cc2ccccc2)cc(=O)[nH]1. The molecule has 0 spiro atoms. The molecule has 3 N–H and O–H groups in total. The second-order valence-electron chi connectivity index (χ2n) is 4.05. The minimum atomic E-state index is -0.251. The van der Waals surface area contributed by atoms with Gasteiger partial charge in [-0.15, -0.1) is 0 Å². The number of aromatic amines is 1. The van der Waals surface area contributed by atoms with Gasteiger partial charge in [0, 0.05) is 6.07 Å². The van der Waals surface area contributed by atoms with Crippen molar-refractivity contribution in [2.45, 2.75) is 19.4 Å². The normalized spacial score (nSPS) is 12.4. The lowest BCUT2D eigenvalue weighted by Crippen LogP contribution is -2.20. The van der Waals surface area contributed by atoms with Gasteiger partial charge in [-0.05, 0) is 18.9 Å². The molecule has 0 radical (unpaired) electrons. The molecular formula is C13H15N3O. The molecule has 2 aromatic rings. The van der Waals surface area contributed by atoms with Gasteiger partial charge in [-0.2, -0.15) is 0 Å². The molecule has 1 aromatic carbocycles. The fourth-order valence-corrected chi connectivity index (χ4v) is 1.77. The lowest BCUT2D eigenvalue weighted by Gasteiger charge is -2.11. The monoisotopic (exact) mass is 229 g/mol. The van der Waals surface area contributed by atoms with Crippen LogP contribution in [-0.4, -0.2) is 9.97 Å². The van der Waals surface area contributed by atoms with Crippen molar-refractivity contribution in [1.29, 1.82) is 0 Å². The average Bonchev–Trinajstić information content (AvgIpc) is 2.29. The molecule has 0 amide bonds. The first-order chi connectivity index (χ1) is 8.15. The van der Waals surface area contributed by atoms with Crippen molar-refractivity contribution in [2.24, 2.45) is 5.73 Å². The van der Waals surface area contributed by atoms with Crippen LogP contribution in [0.25, 0.3) is 0 Å². The Kier molecular flexibility index (Phi) is 3.35. The first kappa shape index (κ1) is 11.5. The van der Waals surface area contributed by atoms with E-state index in [1.165, 1.54) is 6.07 Å². The largest absolute Gasteiger partial charge is 0.322 e. The van der Waals surface area contributed by atoms with Gasteiger partial charge in [0.05, 0.1) is 11.7 Å². The zero-order chi connectivity index (χ0) is 12.3. The van der Waals surface area contributed by atoms with Crippen molar-refractivity contribution < 1.29 is 0 Å². The Morgan fingerprint density at radius 3 is 2.71 bits per heavy atom. The standard InChI is InChI=1S/C13H15N3O/c1-9-15-12(8-13(17)16-9)11(14)7-10-5-3-2-4-6-10/h2-6,8,11H,7,14H2,1H3,(H,15,16,17)/t11-/m0/s1. The summed E-state index contributed by atoms with van der Waals surface area (Å²) in [6, 6.07) is 11.1. The molecule has 88 valence electrons. The van der Waals surface area contributed by atoms with E-state index in [-0.39, 0.29) is 11.6 Å². The Balaban J connectivity index is 2.20. The van der Waals surface area contributed by atoms with E-state index < -0.39 is 0 Å². The minimum absolute atomic E-state index is 0.156. The summed E-state index contributed by atoms with van der Waals surface area (Å²) in [4.78, 5) is 18.2. The molecule has 1 atom stereocenters. The molecule has 0 saturated heterocycles. The Labute approximate surface area is 99.5 Å². The van der Waals surface area contributed by atoms with Crippen LogP contribution in [0.4, 0.5) is 0 Å². The first-order valence-corrected chi connectivity index (χ1v) is 5.52. The van der Waals surface area contributed by atoms with Crippen LogP contribution in [-0.2, 0) is 6.42 Å². The third-order valence-electron chi connectivity index (χ3n) is 2.56. The summed E-state index contributed by atoms with van der Waals surface area (Å²) < 4.78 is 0. The van der Waals surface area contributed by atoms with Crippen LogP contribution < -0.4 is 11.3 Å². The van der Waals surface area contributed by atoms with Crippen LogP contribution in [0.1, 0.15) is 23.1 Å². The van der Waals surface area contributed by atoms with Gasteiger partial charge in [0.15, 0.2) is 0 Å². The number of aromatic nitrogens is 2. The zero-order valence-electron chi connectivity index (χ0n) is 9.68. The van der Waals surface area contributed by atoms with Gasteiger partial charge in [0.2, 0.25) is 0 Å². The van der Waals surface area contributed by atoms with Crippen molar-refractivity contribution in [2.75, 3.05) is 0 Å². The number of benzene rings is 1. The van der Waals surface area contributed by atoms with E-state index in [9.17, 15) is 4.79 Å². The maximum Gasteiger partial charge on any atom is 0.251 e. The number of nitrogens with two attached hydrogens (primary N) is 1. The summed E-state index contributed by atoms with van der Waals surface area (Å²) in [6.45, 7) is 1.75. The Morgan fingerprint density at radius 1 is 1.35 bits per heavy atom. The second-order valence-corrected chi connectivity index (χ2v) is 4.05. The van der Waals surface area contributed by atoms with E-state index >= 15 is 0 Å². The zero-order valence-corrected chi connectivity index (χ0v) is 9.68. The predicted octanol–water partition coefficient (Wildman–Crippen LogP) is 1.32. The number of hydrogen-bond acceptors (Lipinski definition) is 3. The number of rotatable bonds is 3. The van der Waals surface area contributed by atoms with E-state index in [0.29, 0.717) is 17.9 Å². The fraction of sp³-hybridized carbons (Fsp3) is 0.231. The van der Waals surface area contributed by atoms with Crippen molar-refractivity contribution >= 4 is 0 Å². The van der Waals surface area contributed by atoms with Crippen molar-refractivity contribution in [3.05, 3.63) is 63.8 Å². The molecule has 0 fully saturated rings. The highest BCUT2D eigenvalue weighted by molar-refractivity contribution is 5.18. The highest BCUT2D eigenvalue weighted by atomic mass is 16.1. The van der Waals surface area contributed by atoms with Gasteiger partial charge in [-0.1, -0.05) is 30.3 Å². The van der Waals surface area contributed by atoms with Crippen molar-refractivity contribution in [1.82, 2.24) is 9.97 Å². The van der Waals surface area contributed by atoms with Gasteiger partial charge in [0.25, 0.3) is 5.56 Å². The van der Waals surface area contributed by atoms with Crippen molar-refractivity contribution in [3.63, 3.8) is 0 Å². The summed E-state index contributed by atoms with van der Waals surface area (Å²) in [7, 11) is 0. The third kappa shape index (κ3) is 3.01. The van der Waals surface area contributed by atoms with Gasteiger partial charge in [-0.25, -0.2) is 4.98 Å². The summed E-state index contributed by atoms with van der Waals surface area (Å²) in [5.41, 5.74) is 7.67. The van der Waals surface area contributed by atoms with Gasteiger partial charge in [0.1, 0.15) is 5.82 Å². The van der Waals surface area contributed by atoms with E-state index in [2.05, 4.69) is 9.97 Å². The number of nitrogens with one attached hydrogen (secondary N) is 1. The second kappa shape index (κ2) is 4.93.